The quantitative estimate of drug-likeness (QED) is 0.736. The van der Waals surface area contributed by atoms with Crippen LogP contribution in [0.1, 0.15) is 5.56 Å². The molecule has 0 aliphatic rings. The molecule has 21 heavy (non-hydrogen) atoms. The molecule has 1 heterocycles. The standard InChI is InChI=1S/C16H13ClFN3/c1-9-2-4-10(5-3-9)14-15(20-21-16(14)19)12-8-11(17)6-7-13(12)18/h2-8H,1H3,(H3,19,20,21). The number of aromatic nitrogens is 2. The lowest BCUT2D eigenvalue weighted by Gasteiger charge is -2.07. The van der Waals surface area contributed by atoms with Crippen molar-refractivity contribution in [2.45, 2.75) is 6.92 Å². The van der Waals surface area contributed by atoms with Gasteiger partial charge in [-0.15, -0.1) is 0 Å². The zero-order valence-electron chi connectivity index (χ0n) is 11.3. The molecule has 1 aromatic heterocycles. The zero-order chi connectivity index (χ0) is 15.0. The van der Waals surface area contributed by atoms with Gasteiger partial charge in [0.15, 0.2) is 5.82 Å². The van der Waals surface area contributed by atoms with E-state index in [4.69, 9.17) is 17.3 Å². The molecule has 106 valence electrons. The molecule has 0 saturated heterocycles. The number of anilines is 1. The molecule has 0 saturated carbocycles. The van der Waals surface area contributed by atoms with E-state index in [1.165, 1.54) is 12.1 Å². The van der Waals surface area contributed by atoms with Crippen molar-refractivity contribution in [3.05, 3.63) is 58.9 Å². The maximum atomic E-state index is 14.1. The van der Waals surface area contributed by atoms with Crippen molar-refractivity contribution in [2.75, 3.05) is 5.73 Å². The second kappa shape index (κ2) is 5.22. The molecular weight excluding hydrogens is 289 g/mol. The van der Waals surface area contributed by atoms with Crippen LogP contribution in [0.4, 0.5) is 10.2 Å². The highest BCUT2D eigenvalue weighted by molar-refractivity contribution is 6.30. The summed E-state index contributed by atoms with van der Waals surface area (Å²) < 4.78 is 14.1. The van der Waals surface area contributed by atoms with Gasteiger partial charge in [0, 0.05) is 10.6 Å². The molecule has 0 radical (unpaired) electrons. The van der Waals surface area contributed by atoms with E-state index >= 15 is 0 Å². The van der Waals surface area contributed by atoms with Crippen LogP contribution >= 0.6 is 11.6 Å². The summed E-state index contributed by atoms with van der Waals surface area (Å²) in [6.45, 7) is 2.00. The molecule has 0 aliphatic carbocycles. The Bertz CT molecular complexity index is 794. The van der Waals surface area contributed by atoms with Crippen LogP contribution in [0.5, 0.6) is 0 Å². The fourth-order valence-corrected chi connectivity index (χ4v) is 2.42. The van der Waals surface area contributed by atoms with E-state index in [0.717, 1.165) is 11.1 Å². The first-order chi connectivity index (χ1) is 10.1. The predicted octanol–water partition coefficient (Wildman–Crippen LogP) is 4.43. The minimum absolute atomic E-state index is 0.327. The van der Waals surface area contributed by atoms with Crippen molar-refractivity contribution < 1.29 is 4.39 Å². The third kappa shape index (κ3) is 2.50. The van der Waals surface area contributed by atoms with Crippen molar-refractivity contribution in [1.82, 2.24) is 10.2 Å². The summed E-state index contributed by atoms with van der Waals surface area (Å²) in [6, 6.07) is 12.2. The Morgan fingerprint density at radius 3 is 2.57 bits per heavy atom. The summed E-state index contributed by atoms with van der Waals surface area (Å²) in [7, 11) is 0. The lowest BCUT2D eigenvalue weighted by molar-refractivity contribution is 0.630. The Morgan fingerprint density at radius 1 is 1.14 bits per heavy atom. The third-order valence-corrected chi connectivity index (χ3v) is 3.57. The summed E-state index contributed by atoms with van der Waals surface area (Å²) >= 11 is 5.96. The number of nitrogens with two attached hydrogens (primary N) is 1. The highest BCUT2D eigenvalue weighted by Gasteiger charge is 2.17. The van der Waals surface area contributed by atoms with Crippen LogP contribution in [0.25, 0.3) is 22.4 Å². The number of nitrogens with zero attached hydrogens (tertiary/aromatic N) is 1. The van der Waals surface area contributed by atoms with E-state index in [1.807, 2.05) is 31.2 Å². The minimum Gasteiger partial charge on any atom is -0.382 e. The highest BCUT2D eigenvalue weighted by Crippen LogP contribution is 2.36. The van der Waals surface area contributed by atoms with E-state index in [9.17, 15) is 4.39 Å². The summed E-state index contributed by atoms with van der Waals surface area (Å²) in [5.41, 5.74) is 9.50. The third-order valence-electron chi connectivity index (χ3n) is 3.33. The number of H-pyrrole nitrogens is 1. The van der Waals surface area contributed by atoms with E-state index in [1.54, 1.807) is 6.07 Å². The van der Waals surface area contributed by atoms with E-state index in [2.05, 4.69) is 10.2 Å². The monoisotopic (exact) mass is 301 g/mol. The average molecular weight is 302 g/mol. The molecule has 3 rings (SSSR count). The maximum absolute atomic E-state index is 14.1. The molecule has 3 aromatic rings. The average Bonchev–Trinajstić information content (AvgIpc) is 2.84. The van der Waals surface area contributed by atoms with Gasteiger partial charge in [-0.05, 0) is 30.7 Å². The molecule has 0 amide bonds. The van der Waals surface area contributed by atoms with Gasteiger partial charge in [-0.3, -0.25) is 5.10 Å². The number of aryl methyl sites for hydroxylation is 1. The second-order valence-electron chi connectivity index (χ2n) is 4.85. The minimum atomic E-state index is -0.378. The number of nitrogen functional groups attached to an aromatic ring is 1. The fraction of sp³-hybridized carbons (Fsp3) is 0.0625. The van der Waals surface area contributed by atoms with Gasteiger partial charge in [-0.2, -0.15) is 5.10 Å². The number of benzene rings is 2. The van der Waals surface area contributed by atoms with Crippen LogP contribution in [0, 0.1) is 12.7 Å². The summed E-state index contributed by atoms with van der Waals surface area (Å²) in [4.78, 5) is 0. The van der Waals surface area contributed by atoms with Gasteiger partial charge in [0.25, 0.3) is 0 Å². The van der Waals surface area contributed by atoms with Crippen molar-refractivity contribution in [3.63, 3.8) is 0 Å². The largest absolute Gasteiger partial charge is 0.382 e. The molecule has 0 aliphatic heterocycles. The molecule has 0 atom stereocenters. The number of hydrogen-bond donors (Lipinski definition) is 2. The first-order valence-corrected chi connectivity index (χ1v) is 6.80. The maximum Gasteiger partial charge on any atom is 0.153 e. The Morgan fingerprint density at radius 2 is 1.86 bits per heavy atom. The molecule has 3 nitrogen and oxygen atoms in total. The second-order valence-corrected chi connectivity index (χ2v) is 5.29. The lowest BCUT2D eigenvalue weighted by Crippen LogP contribution is -1.90. The van der Waals surface area contributed by atoms with Crippen molar-refractivity contribution in [2.24, 2.45) is 0 Å². The van der Waals surface area contributed by atoms with E-state index < -0.39 is 0 Å². The van der Waals surface area contributed by atoms with Crippen LogP contribution in [-0.4, -0.2) is 10.2 Å². The van der Waals surface area contributed by atoms with Crippen LogP contribution in [0.15, 0.2) is 42.5 Å². The summed E-state index contributed by atoms with van der Waals surface area (Å²) in [5.74, 6) is -0.0513. The fourth-order valence-electron chi connectivity index (χ4n) is 2.25. The molecule has 0 bridgehead atoms. The van der Waals surface area contributed by atoms with Gasteiger partial charge in [0.05, 0.1) is 11.3 Å². The van der Waals surface area contributed by atoms with Gasteiger partial charge in [-0.1, -0.05) is 41.4 Å². The van der Waals surface area contributed by atoms with Gasteiger partial charge in [0.2, 0.25) is 0 Å². The molecule has 2 aromatic carbocycles. The van der Waals surface area contributed by atoms with Crippen LogP contribution < -0.4 is 5.73 Å². The number of nitrogens with one attached hydrogen (secondary N) is 1. The topological polar surface area (TPSA) is 54.7 Å². The van der Waals surface area contributed by atoms with E-state index in [-0.39, 0.29) is 5.82 Å². The first-order valence-electron chi connectivity index (χ1n) is 6.42. The highest BCUT2D eigenvalue weighted by atomic mass is 35.5. The molecule has 5 heteroatoms. The molecule has 0 fully saturated rings. The summed E-state index contributed by atoms with van der Waals surface area (Å²) in [6.07, 6.45) is 0. The Balaban J connectivity index is 2.21. The van der Waals surface area contributed by atoms with Gasteiger partial charge >= 0.3 is 0 Å². The van der Waals surface area contributed by atoms with E-state index in [0.29, 0.717) is 27.7 Å². The SMILES string of the molecule is Cc1ccc(-c2c(N)n[nH]c2-c2cc(Cl)ccc2F)cc1. The van der Waals surface area contributed by atoms with Crippen LogP contribution in [-0.2, 0) is 0 Å². The van der Waals surface area contributed by atoms with Gasteiger partial charge in [-0.25, -0.2) is 4.39 Å². The first kappa shape index (κ1) is 13.6. The molecule has 3 N–H and O–H groups in total. The van der Waals surface area contributed by atoms with Gasteiger partial charge < -0.3 is 5.73 Å². The van der Waals surface area contributed by atoms with Crippen LogP contribution in [0.2, 0.25) is 5.02 Å². The lowest BCUT2D eigenvalue weighted by atomic mass is 9.99. The Kier molecular flexibility index (Phi) is 3.39. The van der Waals surface area contributed by atoms with Crippen molar-refractivity contribution in [1.29, 1.82) is 0 Å². The number of aromatic amines is 1. The van der Waals surface area contributed by atoms with Gasteiger partial charge in [0.1, 0.15) is 5.82 Å². The van der Waals surface area contributed by atoms with Crippen molar-refractivity contribution >= 4 is 17.4 Å². The number of hydrogen-bond acceptors (Lipinski definition) is 2. The summed E-state index contributed by atoms with van der Waals surface area (Å²) in [5, 5.41) is 7.26. The smallest absolute Gasteiger partial charge is 0.153 e. The number of rotatable bonds is 2. The Labute approximate surface area is 126 Å². The zero-order valence-corrected chi connectivity index (χ0v) is 12.1. The van der Waals surface area contributed by atoms with Crippen molar-refractivity contribution in [3.8, 4) is 22.4 Å². The van der Waals surface area contributed by atoms with Crippen LogP contribution in [0.3, 0.4) is 0 Å². The number of halogens is 2. The normalized spacial score (nSPS) is 10.8. The molecular formula is C16H13ClFN3. The predicted molar refractivity (Wildman–Crippen MR) is 83.6 cm³/mol. The Hall–Kier alpha value is -2.33. The molecule has 0 spiro atoms. The molecule has 0 unspecified atom stereocenters.